The monoisotopic (exact) mass is 334 g/mol. The van der Waals surface area contributed by atoms with Crippen LogP contribution in [0, 0.1) is 5.82 Å². The van der Waals surface area contributed by atoms with E-state index in [4.69, 9.17) is 4.74 Å². The lowest BCUT2D eigenvalue weighted by molar-refractivity contribution is -0.137. The van der Waals surface area contributed by atoms with Crippen molar-refractivity contribution >= 4 is 0 Å². The van der Waals surface area contributed by atoms with Crippen LogP contribution in [0.15, 0.2) is 61.1 Å². The Hall–Kier alpha value is -2.96. The number of alkyl halides is 3. The van der Waals surface area contributed by atoms with E-state index >= 15 is 0 Å². The average Bonchev–Trinajstić information content (AvgIpc) is 2.56. The summed E-state index contributed by atoms with van der Waals surface area (Å²) in [6.45, 7) is 0. The summed E-state index contributed by atoms with van der Waals surface area (Å²) in [4.78, 5) is 7.71. The van der Waals surface area contributed by atoms with Crippen molar-refractivity contribution in [2.45, 2.75) is 6.18 Å². The Bertz CT molecular complexity index is 848. The Kier molecular flexibility index (Phi) is 4.16. The van der Waals surface area contributed by atoms with E-state index < -0.39 is 17.6 Å². The van der Waals surface area contributed by atoms with Gasteiger partial charge in [0.2, 0.25) is 5.88 Å². The second kappa shape index (κ2) is 6.27. The van der Waals surface area contributed by atoms with E-state index in [9.17, 15) is 17.6 Å². The molecule has 0 amide bonds. The minimum absolute atomic E-state index is 0.0855. The van der Waals surface area contributed by atoms with Gasteiger partial charge in [-0.25, -0.2) is 9.37 Å². The van der Waals surface area contributed by atoms with Crippen LogP contribution in [0.1, 0.15) is 5.56 Å². The summed E-state index contributed by atoms with van der Waals surface area (Å²) >= 11 is 0. The standard InChI is InChI=1S/C17H10F4N2O/c18-15-10-22-9-7-13(15)14-2-1-8-23-16(14)24-12-5-3-11(4-6-12)17(19,20)21/h1-10H. The molecule has 3 rings (SSSR count). The normalized spacial score (nSPS) is 11.3. The van der Waals surface area contributed by atoms with Crippen molar-refractivity contribution in [2.75, 3.05) is 0 Å². The molecule has 0 aliphatic carbocycles. The Morgan fingerprint density at radius 2 is 1.62 bits per heavy atom. The van der Waals surface area contributed by atoms with Crippen molar-refractivity contribution in [3.8, 4) is 22.8 Å². The molecule has 0 N–H and O–H groups in total. The topological polar surface area (TPSA) is 35.0 Å². The molecule has 122 valence electrons. The number of rotatable bonds is 3. The van der Waals surface area contributed by atoms with E-state index in [1.54, 1.807) is 12.1 Å². The number of aromatic nitrogens is 2. The van der Waals surface area contributed by atoms with Crippen LogP contribution in [0.3, 0.4) is 0 Å². The Morgan fingerprint density at radius 3 is 2.29 bits per heavy atom. The third kappa shape index (κ3) is 3.34. The molecular formula is C17H10F4N2O. The van der Waals surface area contributed by atoms with Gasteiger partial charge in [-0.05, 0) is 42.5 Å². The predicted molar refractivity (Wildman–Crippen MR) is 78.9 cm³/mol. The van der Waals surface area contributed by atoms with E-state index in [1.165, 1.54) is 30.6 Å². The highest BCUT2D eigenvalue weighted by Gasteiger charge is 2.30. The highest BCUT2D eigenvalue weighted by atomic mass is 19.4. The smallest absolute Gasteiger partial charge is 0.416 e. The fourth-order valence-corrected chi connectivity index (χ4v) is 2.09. The molecule has 0 fully saturated rings. The predicted octanol–water partition coefficient (Wildman–Crippen LogP) is 5.09. The second-order valence-corrected chi connectivity index (χ2v) is 4.84. The largest absolute Gasteiger partial charge is 0.438 e. The summed E-state index contributed by atoms with van der Waals surface area (Å²) in [5.74, 6) is -0.303. The minimum Gasteiger partial charge on any atom is -0.438 e. The molecule has 3 nitrogen and oxygen atoms in total. The van der Waals surface area contributed by atoms with E-state index in [-0.39, 0.29) is 17.2 Å². The summed E-state index contributed by atoms with van der Waals surface area (Å²) in [5, 5.41) is 0. The molecule has 7 heteroatoms. The number of ether oxygens (including phenoxy) is 1. The van der Waals surface area contributed by atoms with E-state index in [0.29, 0.717) is 5.56 Å². The van der Waals surface area contributed by atoms with Crippen LogP contribution >= 0.6 is 0 Å². The molecule has 0 aliphatic heterocycles. The van der Waals surface area contributed by atoms with Crippen LogP contribution in [-0.4, -0.2) is 9.97 Å². The molecule has 0 bridgehead atoms. The summed E-state index contributed by atoms with van der Waals surface area (Å²) in [6.07, 6.45) is -0.492. The van der Waals surface area contributed by atoms with Gasteiger partial charge in [-0.1, -0.05) is 0 Å². The summed E-state index contributed by atoms with van der Waals surface area (Å²) in [7, 11) is 0. The molecule has 0 saturated heterocycles. The van der Waals surface area contributed by atoms with Crippen molar-refractivity contribution < 1.29 is 22.3 Å². The molecule has 3 aromatic rings. The molecular weight excluding hydrogens is 324 g/mol. The Morgan fingerprint density at radius 1 is 0.875 bits per heavy atom. The number of halogens is 4. The zero-order valence-electron chi connectivity index (χ0n) is 12.1. The maximum Gasteiger partial charge on any atom is 0.416 e. The van der Waals surface area contributed by atoms with Crippen LogP contribution in [0.4, 0.5) is 17.6 Å². The molecule has 24 heavy (non-hydrogen) atoms. The first kappa shape index (κ1) is 15.9. The van der Waals surface area contributed by atoms with E-state index in [1.807, 2.05) is 0 Å². The quantitative estimate of drug-likeness (QED) is 0.626. The highest BCUT2D eigenvalue weighted by Crippen LogP contribution is 2.34. The van der Waals surface area contributed by atoms with Crippen LogP contribution in [0.2, 0.25) is 0 Å². The van der Waals surface area contributed by atoms with Gasteiger partial charge in [-0.15, -0.1) is 0 Å². The summed E-state index contributed by atoms with van der Waals surface area (Å²) < 4.78 is 57.2. The van der Waals surface area contributed by atoms with Gasteiger partial charge in [-0.3, -0.25) is 4.98 Å². The number of benzene rings is 1. The first-order valence-electron chi connectivity index (χ1n) is 6.85. The molecule has 1 aromatic carbocycles. The molecule has 0 spiro atoms. The highest BCUT2D eigenvalue weighted by molar-refractivity contribution is 5.68. The van der Waals surface area contributed by atoms with Gasteiger partial charge in [0.15, 0.2) is 0 Å². The van der Waals surface area contributed by atoms with Gasteiger partial charge in [0.25, 0.3) is 0 Å². The maximum absolute atomic E-state index is 13.9. The number of nitrogens with zero attached hydrogens (tertiary/aromatic N) is 2. The number of hydrogen-bond donors (Lipinski definition) is 0. The molecule has 0 saturated carbocycles. The lowest BCUT2D eigenvalue weighted by Crippen LogP contribution is -2.04. The van der Waals surface area contributed by atoms with Crippen LogP contribution < -0.4 is 4.74 Å². The van der Waals surface area contributed by atoms with Crippen molar-refractivity contribution in [1.82, 2.24) is 9.97 Å². The van der Waals surface area contributed by atoms with Gasteiger partial charge >= 0.3 is 6.18 Å². The van der Waals surface area contributed by atoms with Crippen LogP contribution in [0.5, 0.6) is 11.6 Å². The van der Waals surface area contributed by atoms with Gasteiger partial charge < -0.3 is 4.74 Å². The minimum atomic E-state index is -4.42. The molecule has 2 heterocycles. The zero-order valence-corrected chi connectivity index (χ0v) is 12.1. The molecule has 0 atom stereocenters. The SMILES string of the molecule is Fc1cnccc1-c1cccnc1Oc1ccc(C(F)(F)F)cc1. The van der Waals surface area contributed by atoms with Gasteiger partial charge in [-0.2, -0.15) is 13.2 Å². The Labute approximate surface area is 134 Å². The molecule has 0 aliphatic rings. The first-order chi connectivity index (χ1) is 11.4. The summed E-state index contributed by atoms with van der Waals surface area (Å²) in [5.41, 5.74) is -0.173. The van der Waals surface area contributed by atoms with Crippen LogP contribution in [0.25, 0.3) is 11.1 Å². The second-order valence-electron chi connectivity index (χ2n) is 4.84. The lowest BCUT2D eigenvalue weighted by atomic mass is 10.1. The van der Waals surface area contributed by atoms with Crippen molar-refractivity contribution in [2.24, 2.45) is 0 Å². The molecule has 0 unspecified atom stereocenters. The molecule has 2 aromatic heterocycles. The Balaban J connectivity index is 1.93. The van der Waals surface area contributed by atoms with Gasteiger partial charge in [0.05, 0.1) is 11.8 Å². The molecule has 0 radical (unpaired) electrons. The van der Waals surface area contributed by atoms with Crippen molar-refractivity contribution in [1.29, 1.82) is 0 Å². The van der Waals surface area contributed by atoms with Crippen molar-refractivity contribution in [3.05, 3.63) is 72.4 Å². The zero-order chi connectivity index (χ0) is 17.2. The third-order valence-corrected chi connectivity index (χ3v) is 3.23. The van der Waals surface area contributed by atoms with Gasteiger partial charge in [0, 0.05) is 23.5 Å². The maximum atomic E-state index is 13.9. The van der Waals surface area contributed by atoms with Crippen molar-refractivity contribution in [3.63, 3.8) is 0 Å². The fraction of sp³-hybridized carbons (Fsp3) is 0.0588. The van der Waals surface area contributed by atoms with E-state index in [0.717, 1.165) is 18.3 Å². The van der Waals surface area contributed by atoms with Gasteiger partial charge in [0.1, 0.15) is 11.6 Å². The first-order valence-corrected chi connectivity index (χ1v) is 6.85. The average molecular weight is 334 g/mol. The summed E-state index contributed by atoms with van der Waals surface area (Å²) in [6, 6.07) is 8.86. The lowest BCUT2D eigenvalue weighted by Gasteiger charge is -2.11. The number of pyridine rings is 2. The fourth-order valence-electron chi connectivity index (χ4n) is 2.09. The van der Waals surface area contributed by atoms with Crippen LogP contribution in [-0.2, 0) is 6.18 Å². The number of hydrogen-bond acceptors (Lipinski definition) is 3. The third-order valence-electron chi connectivity index (χ3n) is 3.23. The van der Waals surface area contributed by atoms with E-state index in [2.05, 4.69) is 9.97 Å².